The zero-order valence-electron chi connectivity index (χ0n) is 14.5. The second-order valence-electron chi connectivity index (χ2n) is 6.01. The lowest BCUT2D eigenvalue weighted by atomic mass is 10.2. The lowest BCUT2D eigenvalue weighted by molar-refractivity contribution is 0.0944. The van der Waals surface area contributed by atoms with Gasteiger partial charge in [0, 0.05) is 31.7 Å². The highest BCUT2D eigenvalue weighted by molar-refractivity contribution is 5.95. The third-order valence-electron chi connectivity index (χ3n) is 3.97. The molecule has 1 aromatic rings. The van der Waals surface area contributed by atoms with Gasteiger partial charge in [-0.1, -0.05) is 6.92 Å². The molecule has 1 aliphatic rings. The summed E-state index contributed by atoms with van der Waals surface area (Å²) in [6, 6.07) is 3.50. The molecule has 2 rings (SSSR count). The smallest absolute Gasteiger partial charge is 0.251 e. The molecule has 0 aromatic carbocycles. The van der Waals surface area contributed by atoms with Gasteiger partial charge in [0.15, 0.2) is 0 Å². The highest BCUT2D eigenvalue weighted by Gasteiger charge is 2.12. The Kier molecular flexibility index (Phi) is 7.77. The Balaban J connectivity index is 1.99. The van der Waals surface area contributed by atoms with Gasteiger partial charge in [0.2, 0.25) is 0 Å². The minimum Gasteiger partial charge on any atom is -0.395 e. The van der Waals surface area contributed by atoms with Gasteiger partial charge >= 0.3 is 0 Å². The van der Waals surface area contributed by atoms with Crippen molar-refractivity contribution < 1.29 is 9.90 Å². The molecule has 0 radical (unpaired) electrons. The Bertz CT molecular complexity index is 518. The minimum absolute atomic E-state index is 0.0707. The van der Waals surface area contributed by atoms with Crippen molar-refractivity contribution in [3.05, 3.63) is 17.7 Å². The van der Waals surface area contributed by atoms with Crippen molar-refractivity contribution in [3.8, 4) is 0 Å². The second-order valence-corrected chi connectivity index (χ2v) is 6.01. The molecule has 1 fully saturated rings. The van der Waals surface area contributed by atoms with Crippen molar-refractivity contribution >= 4 is 17.5 Å². The van der Waals surface area contributed by atoms with Gasteiger partial charge in [-0.2, -0.15) is 0 Å². The van der Waals surface area contributed by atoms with E-state index in [1.165, 1.54) is 25.9 Å². The maximum Gasteiger partial charge on any atom is 0.251 e. The number of nitrogens with zero attached hydrogens (tertiary/aromatic N) is 2. The molecule has 0 saturated carbocycles. The van der Waals surface area contributed by atoms with Crippen molar-refractivity contribution in [1.82, 2.24) is 15.2 Å². The van der Waals surface area contributed by atoms with Gasteiger partial charge in [0.1, 0.15) is 11.6 Å². The lowest BCUT2D eigenvalue weighted by Gasteiger charge is -2.16. The number of hydrogen-bond acceptors (Lipinski definition) is 6. The zero-order chi connectivity index (χ0) is 17.2. The fraction of sp³-hybridized carbons (Fsp3) is 0.647. The number of rotatable bonds is 10. The van der Waals surface area contributed by atoms with Crippen LogP contribution in [0.25, 0.3) is 0 Å². The van der Waals surface area contributed by atoms with Gasteiger partial charge in [-0.05, 0) is 44.5 Å². The number of likely N-dealkylation sites (tertiary alicyclic amines) is 1. The summed E-state index contributed by atoms with van der Waals surface area (Å²) < 4.78 is 0. The van der Waals surface area contributed by atoms with Crippen LogP contribution in [0.1, 0.15) is 36.5 Å². The van der Waals surface area contributed by atoms with Crippen LogP contribution >= 0.6 is 0 Å². The van der Waals surface area contributed by atoms with Gasteiger partial charge in [-0.25, -0.2) is 4.98 Å². The van der Waals surface area contributed by atoms with Crippen LogP contribution in [0.5, 0.6) is 0 Å². The first kappa shape index (κ1) is 18.5. The number of hydrogen-bond donors (Lipinski definition) is 4. The van der Waals surface area contributed by atoms with E-state index in [2.05, 4.69) is 32.8 Å². The fourth-order valence-electron chi connectivity index (χ4n) is 2.72. The molecule has 7 heteroatoms. The monoisotopic (exact) mass is 335 g/mol. The van der Waals surface area contributed by atoms with Crippen LogP contribution in [0, 0.1) is 0 Å². The van der Waals surface area contributed by atoms with Crippen molar-refractivity contribution in [2.24, 2.45) is 0 Å². The van der Waals surface area contributed by atoms with Gasteiger partial charge in [-0.15, -0.1) is 0 Å². The summed E-state index contributed by atoms with van der Waals surface area (Å²) in [6.45, 7) is 7.20. The second kappa shape index (κ2) is 10.1. The van der Waals surface area contributed by atoms with Gasteiger partial charge in [-0.3, -0.25) is 4.79 Å². The van der Waals surface area contributed by atoms with Crippen LogP contribution in [0.2, 0.25) is 0 Å². The zero-order valence-corrected chi connectivity index (χ0v) is 14.5. The molecule has 7 nitrogen and oxygen atoms in total. The lowest BCUT2D eigenvalue weighted by Crippen LogP contribution is -2.27. The number of aromatic nitrogens is 1. The van der Waals surface area contributed by atoms with E-state index in [1.54, 1.807) is 12.1 Å². The van der Waals surface area contributed by atoms with Crippen LogP contribution < -0.4 is 16.0 Å². The Morgan fingerprint density at radius 2 is 1.83 bits per heavy atom. The summed E-state index contributed by atoms with van der Waals surface area (Å²) in [4.78, 5) is 19.1. The maximum atomic E-state index is 12.2. The average Bonchev–Trinajstić information content (AvgIpc) is 3.11. The van der Waals surface area contributed by atoms with E-state index >= 15 is 0 Å². The number of aliphatic hydroxyl groups excluding tert-OH is 1. The first-order valence-electron chi connectivity index (χ1n) is 8.84. The van der Waals surface area contributed by atoms with Crippen molar-refractivity contribution in [3.63, 3.8) is 0 Å². The van der Waals surface area contributed by atoms with Crippen LogP contribution in [0.3, 0.4) is 0 Å². The molecule has 0 aliphatic carbocycles. The van der Waals surface area contributed by atoms with Gasteiger partial charge in [0.25, 0.3) is 5.91 Å². The number of aliphatic hydroxyl groups is 1. The van der Waals surface area contributed by atoms with Crippen molar-refractivity contribution in [1.29, 1.82) is 0 Å². The fourth-order valence-corrected chi connectivity index (χ4v) is 2.72. The highest BCUT2D eigenvalue weighted by Crippen LogP contribution is 2.15. The number of pyridine rings is 1. The topological polar surface area (TPSA) is 89.5 Å². The van der Waals surface area contributed by atoms with Gasteiger partial charge < -0.3 is 26.0 Å². The molecule has 0 atom stereocenters. The normalized spacial score (nSPS) is 14.6. The number of carbonyl (C=O) groups is 1. The molecule has 0 spiro atoms. The van der Waals surface area contributed by atoms with Crippen LogP contribution in [-0.2, 0) is 0 Å². The van der Waals surface area contributed by atoms with Crippen LogP contribution in [0.15, 0.2) is 12.1 Å². The predicted molar refractivity (Wildman–Crippen MR) is 96.6 cm³/mol. The summed E-state index contributed by atoms with van der Waals surface area (Å²) in [5.74, 6) is 1.19. The molecule has 0 unspecified atom stereocenters. The number of anilines is 2. The first-order chi connectivity index (χ1) is 11.7. The Hall–Kier alpha value is -1.86. The van der Waals surface area contributed by atoms with Crippen LogP contribution in [0.4, 0.5) is 11.6 Å². The van der Waals surface area contributed by atoms with Crippen molar-refractivity contribution in [2.75, 3.05) is 56.5 Å². The number of carbonyl (C=O) groups excluding carboxylic acids is 1. The molecule has 1 amide bonds. The summed E-state index contributed by atoms with van der Waals surface area (Å²) in [6.07, 6.45) is 3.55. The quantitative estimate of drug-likeness (QED) is 0.513. The molecule has 4 N–H and O–H groups in total. The Morgan fingerprint density at radius 1 is 1.17 bits per heavy atom. The first-order valence-corrected chi connectivity index (χ1v) is 8.84. The summed E-state index contributed by atoms with van der Waals surface area (Å²) in [5.41, 5.74) is 0.542. The molecular weight excluding hydrogens is 306 g/mol. The standard InChI is InChI=1S/C17H29N5O2/c1-2-5-18-15-12-14(17(24)20-7-11-23)13-16(21-15)19-6-10-22-8-3-4-9-22/h12-13,23H,2-11H2,1H3,(H,20,24)(H2,18,19,21). The Labute approximate surface area is 143 Å². The number of nitrogens with one attached hydrogen (secondary N) is 3. The summed E-state index contributed by atoms with van der Waals surface area (Å²) >= 11 is 0. The highest BCUT2D eigenvalue weighted by atomic mass is 16.3. The molecule has 0 bridgehead atoms. The SMILES string of the molecule is CCCNc1cc(C(=O)NCCO)cc(NCCN2CCCC2)n1. The molecule has 2 heterocycles. The van der Waals surface area contributed by atoms with Crippen LogP contribution in [-0.4, -0.2) is 66.8 Å². The third kappa shape index (κ3) is 5.98. The molecule has 1 aliphatic heterocycles. The van der Waals surface area contributed by atoms with E-state index in [4.69, 9.17) is 5.11 Å². The summed E-state index contributed by atoms with van der Waals surface area (Å²) in [5, 5.41) is 18.1. The minimum atomic E-state index is -0.200. The molecule has 134 valence electrons. The van der Waals surface area contributed by atoms with E-state index in [1.807, 2.05) is 0 Å². The number of amides is 1. The molecular formula is C17H29N5O2. The predicted octanol–water partition coefficient (Wildman–Crippen LogP) is 1.13. The van der Waals surface area contributed by atoms with Crippen molar-refractivity contribution in [2.45, 2.75) is 26.2 Å². The van der Waals surface area contributed by atoms with Gasteiger partial charge in [0.05, 0.1) is 6.61 Å². The van der Waals surface area contributed by atoms with E-state index in [0.29, 0.717) is 17.2 Å². The van der Waals surface area contributed by atoms with E-state index in [-0.39, 0.29) is 19.1 Å². The van der Waals surface area contributed by atoms with E-state index < -0.39 is 0 Å². The maximum absolute atomic E-state index is 12.2. The third-order valence-corrected chi connectivity index (χ3v) is 3.97. The molecule has 1 saturated heterocycles. The largest absolute Gasteiger partial charge is 0.395 e. The average molecular weight is 335 g/mol. The molecule has 24 heavy (non-hydrogen) atoms. The molecule has 1 aromatic heterocycles. The summed E-state index contributed by atoms with van der Waals surface area (Å²) in [7, 11) is 0. The van der Waals surface area contributed by atoms with E-state index in [0.717, 1.165) is 26.1 Å². The van der Waals surface area contributed by atoms with E-state index in [9.17, 15) is 4.79 Å². The Morgan fingerprint density at radius 3 is 2.46 bits per heavy atom.